The molecule has 3 rings (SSSR count). The van der Waals surface area contributed by atoms with Gasteiger partial charge in [-0.15, -0.1) is 0 Å². The lowest BCUT2D eigenvalue weighted by atomic mass is 9.79. The van der Waals surface area contributed by atoms with Gasteiger partial charge in [-0.25, -0.2) is 0 Å². The summed E-state index contributed by atoms with van der Waals surface area (Å²) in [5, 5.41) is 0. The lowest BCUT2D eigenvalue weighted by molar-refractivity contribution is 0.119. The van der Waals surface area contributed by atoms with Crippen molar-refractivity contribution >= 4 is 0 Å². The molecule has 2 nitrogen and oxygen atoms in total. The predicted molar refractivity (Wildman–Crippen MR) is 108 cm³/mol. The van der Waals surface area contributed by atoms with Crippen LogP contribution in [-0.2, 0) is 0 Å². The number of ether oxygens (including phenoxy) is 2. The highest BCUT2D eigenvalue weighted by Crippen LogP contribution is 2.36. The maximum atomic E-state index is 5.89. The first-order valence-electron chi connectivity index (χ1n) is 9.88. The maximum absolute atomic E-state index is 5.89. The van der Waals surface area contributed by atoms with Crippen LogP contribution < -0.4 is 9.47 Å². The van der Waals surface area contributed by atoms with Gasteiger partial charge in [0.15, 0.2) is 0 Å². The third-order valence-corrected chi connectivity index (χ3v) is 6.24. The molecule has 2 aromatic carbocycles. The van der Waals surface area contributed by atoms with Crippen molar-refractivity contribution in [3.05, 3.63) is 58.1 Å². The number of aryl methyl sites for hydroxylation is 1. The van der Waals surface area contributed by atoms with E-state index < -0.39 is 0 Å². The van der Waals surface area contributed by atoms with Crippen molar-refractivity contribution in [2.24, 2.45) is 5.92 Å². The molecule has 0 N–H and O–H groups in total. The van der Waals surface area contributed by atoms with E-state index in [1.54, 1.807) is 0 Å². The van der Waals surface area contributed by atoms with Crippen LogP contribution >= 0.6 is 0 Å². The van der Waals surface area contributed by atoms with Crippen LogP contribution in [0.3, 0.4) is 0 Å². The van der Waals surface area contributed by atoms with Gasteiger partial charge in [0.05, 0.1) is 0 Å². The average Bonchev–Trinajstić information content (AvgIpc) is 2.65. The van der Waals surface area contributed by atoms with Crippen molar-refractivity contribution in [2.75, 3.05) is 6.79 Å². The molecule has 1 aliphatic rings. The summed E-state index contributed by atoms with van der Waals surface area (Å²) >= 11 is 0. The van der Waals surface area contributed by atoms with E-state index in [0.29, 0.717) is 0 Å². The average molecular weight is 353 g/mol. The number of hydrogen-bond donors (Lipinski definition) is 0. The van der Waals surface area contributed by atoms with E-state index in [1.807, 2.05) is 0 Å². The first-order chi connectivity index (χ1) is 12.5. The molecule has 0 unspecified atom stereocenters. The molecule has 0 amide bonds. The highest BCUT2D eigenvalue weighted by atomic mass is 16.7. The summed E-state index contributed by atoms with van der Waals surface area (Å²) < 4.78 is 11.7. The molecule has 0 aliphatic heterocycles. The van der Waals surface area contributed by atoms with Gasteiger partial charge in [0.1, 0.15) is 11.5 Å². The van der Waals surface area contributed by atoms with E-state index >= 15 is 0 Å². The maximum Gasteiger partial charge on any atom is 0.230 e. The molecule has 0 heterocycles. The Balaban J connectivity index is 1.56. The van der Waals surface area contributed by atoms with Gasteiger partial charge in [-0.1, -0.05) is 31.9 Å². The highest BCUT2D eigenvalue weighted by Gasteiger charge is 2.19. The summed E-state index contributed by atoms with van der Waals surface area (Å²) in [5.41, 5.74) is 6.54. The Morgan fingerprint density at radius 3 is 2.12 bits per heavy atom. The van der Waals surface area contributed by atoms with E-state index in [4.69, 9.17) is 9.47 Å². The fraction of sp³-hybridized carbons (Fsp3) is 0.500. The Morgan fingerprint density at radius 2 is 1.46 bits per heavy atom. The lowest BCUT2D eigenvalue weighted by Gasteiger charge is -2.26. The van der Waals surface area contributed by atoms with E-state index in [-0.39, 0.29) is 6.79 Å². The van der Waals surface area contributed by atoms with Crippen molar-refractivity contribution < 1.29 is 9.47 Å². The standard InChI is InChI=1S/C24H32O2/c1-16-6-8-21(9-7-16)22-10-12-23(13-11-22)25-15-26-24-14-17(2)18(3)19(4)20(24)5/h10-14,16,21H,6-9,15H2,1-5H3. The van der Waals surface area contributed by atoms with Crippen molar-refractivity contribution in [3.63, 3.8) is 0 Å². The molecule has 0 saturated heterocycles. The molecular weight excluding hydrogens is 320 g/mol. The minimum absolute atomic E-state index is 0.239. The van der Waals surface area contributed by atoms with E-state index in [9.17, 15) is 0 Å². The second-order valence-corrected chi connectivity index (χ2v) is 8.00. The summed E-state index contributed by atoms with van der Waals surface area (Å²) in [6.07, 6.45) is 5.34. The van der Waals surface area contributed by atoms with Crippen LogP contribution in [0.5, 0.6) is 11.5 Å². The fourth-order valence-electron chi connectivity index (χ4n) is 3.92. The quantitative estimate of drug-likeness (QED) is 0.562. The van der Waals surface area contributed by atoms with Crippen LogP contribution in [0.2, 0.25) is 0 Å². The molecule has 0 aromatic heterocycles. The smallest absolute Gasteiger partial charge is 0.230 e. The summed E-state index contributed by atoms with van der Waals surface area (Å²) in [4.78, 5) is 0. The van der Waals surface area contributed by atoms with Crippen molar-refractivity contribution in [1.82, 2.24) is 0 Å². The van der Waals surface area contributed by atoms with Crippen LogP contribution in [0, 0.1) is 33.6 Å². The Labute approximate surface area is 158 Å². The fourth-order valence-corrected chi connectivity index (χ4v) is 3.92. The number of benzene rings is 2. The van der Waals surface area contributed by atoms with Crippen LogP contribution in [0.25, 0.3) is 0 Å². The summed E-state index contributed by atoms with van der Waals surface area (Å²) in [6.45, 7) is 11.1. The minimum atomic E-state index is 0.239. The second kappa shape index (κ2) is 8.16. The SMILES string of the molecule is Cc1cc(OCOc2ccc(C3CCC(C)CC3)cc2)c(C)c(C)c1C. The van der Waals surface area contributed by atoms with E-state index in [0.717, 1.165) is 23.3 Å². The second-order valence-electron chi connectivity index (χ2n) is 8.00. The normalized spacial score (nSPS) is 20.0. The Kier molecular flexibility index (Phi) is 5.90. The van der Waals surface area contributed by atoms with Gasteiger partial charge in [0.25, 0.3) is 0 Å². The number of hydrogen-bond acceptors (Lipinski definition) is 2. The van der Waals surface area contributed by atoms with Gasteiger partial charge >= 0.3 is 0 Å². The van der Waals surface area contributed by atoms with Crippen molar-refractivity contribution in [2.45, 2.75) is 66.2 Å². The van der Waals surface area contributed by atoms with Gasteiger partial charge in [-0.3, -0.25) is 0 Å². The lowest BCUT2D eigenvalue weighted by Crippen LogP contribution is -2.11. The molecule has 1 aliphatic carbocycles. The molecule has 2 aromatic rings. The number of rotatable bonds is 5. The molecule has 2 heteroatoms. The molecule has 0 bridgehead atoms. The molecule has 0 spiro atoms. The van der Waals surface area contributed by atoms with Gasteiger partial charge in [0, 0.05) is 0 Å². The molecule has 0 atom stereocenters. The third-order valence-electron chi connectivity index (χ3n) is 6.24. The topological polar surface area (TPSA) is 18.5 Å². The Morgan fingerprint density at radius 1 is 0.808 bits per heavy atom. The largest absolute Gasteiger partial charge is 0.458 e. The summed E-state index contributed by atoms with van der Waals surface area (Å²) in [7, 11) is 0. The van der Waals surface area contributed by atoms with E-state index in [2.05, 4.69) is 65.0 Å². The van der Waals surface area contributed by atoms with Crippen LogP contribution in [-0.4, -0.2) is 6.79 Å². The zero-order chi connectivity index (χ0) is 18.7. The van der Waals surface area contributed by atoms with E-state index in [1.165, 1.54) is 53.5 Å². The molecule has 1 saturated carbocycles. The first kappa shape index (κ1) is 18.8. The Bertz CT molecular complexity index is 738. The minimum Gasteiger partial charge on any atom is -0.458 e. The summed E-state index contributed by atoms with van der Waals surface area (Å²) in [6, 6.07) is 10.7. The van der Waals surface area contributed by atoms with Crippen molar-refractivity contribution in [1.29, 1.82) is 0 Å². The molecule has 140 valence electrons. The van der Waals surface area contributed by atoms with Crippen LogP contribution in [0.1, 0.15) is 66.3 Å². The summed E-state index contributed by atoms with van der Waals surface area (Å²) in [5.74, 6) is 3.40. The van der Waals surface area contributed by atoms with Gasteiger partial charge in [0.2, 0.25) is 6.79 Å². The van der Waals surface area contributed by atoms with Gasteiger partial charge in [-0.05, 0) is 98.4 Å². The molecule has 26 heavy (non-hydrogen) atoms. The van der Waals surface area contributed by atoms with Gasteiger partial charge in [-0.2, -0.15) is 0 Å². The van der Waals surface area contributed by atoms with Gasteiger partial charge < -0.3 is 9.47 Å². The monoisotopic (exact) mass is 352 g/mol. The molecule has 0 radical (unpaired) electrons. The van der Waals surface area contributed by atoms with Crippen molar-refractivity contribution in [3.8, 4) is 11.5 Å². The zero-order valence-electron chi connectivity index (χ0n) is 16.9. The predicted octanol–water partition coefficient (Wildman–Crippen LogP) is 6.63. The first-order valence-corrected chi connectivity index (χ1v) is 9.88. The molecule has 1 fully saturated rings. The third kappa shape index (κ3) is 4.23. The Hall–Kier alpha value is -1.96. The zero-order valence-corrected chi connectivity index (χ0v) is 16.9. The molecular formula is C24H32O2. The highest BCUT2D eigenvalue weighted by molar-refractivity contribution is 5.47. The van der Waals surface area contributed by atoms with Crippen LogP contribution in [0.4, 0.5) is 0 Å². The van der Waals surface area contributed by atoms with Crippen LogP contribution in [0.15, 0.2) is 30.3 Å².